The highest BCUT2D eigenvalue weighted by Gasteiger charge is 2.16. The monoisotopic (exact) mass is 279 g/mol. The van der Waals surface area contributed by atoms with Crippen LogP contribution in [0.3, 0.4) is 0 Å². The predicted molar refractivity (Wildman–Crippen MR) is 75.9 cm³/mol. The van der Waals surface area contributed by atoms with E-state index in [4.69, 9.17) is 14.6 Å². The first-order valence-electron chi connectivity index (χ1n) is 7.03. The summed E-state index contributed by atoms with van der Waals surface area (Å²) < 4.78 is 10.8. The first-order valence-corrected chi connectivity index (χ1v) is 7.03. The fraction of sp³-hybridized carbons (Fsp3) is 0.533. The van der Waals surface area contributed by atoms with Gasteiger partial charge in [-0.25, -0.2) is 4.79 Å². The van der Waals surface area contributed by atoms with Gasteiger partial charge >= 0.3 is 5.97 Å². The van der Waals surface area contributed by atoms with Crippen molar-refractivity contribution in [1.29, 1.82) is 0 Å². The van der Waals surface area contributed by atoms with Crippen LogP contribution in [0.5, 0.6) is 0 Å². The van der Waals surface area contributed by atoms with Crippen LogP contribution in [-0.4, -0.2) is 43.5 Å². The lowest BCUT2D eigenvalue weighted by molar-refractivity contribution is -0.0300. The van der Waals surface area contributed by atoms with Gasteiger partial charge in [0.05, 0.1) is 18.3 Å². The number of aliphatic hydroxyl groups is 1. The summed E-state index contributed by atoms with van der Waals surface area (Å²) in [6.07, 6.45) is 3.22. The number of hydrogen-bond acceptors (Lipinski definition) is 5. The van der Waals surface area contributed by atoms with Gasteiger partial charge in [0.15, 0.2) is 0 Å². The Balaban J connectivity index is 1.79. The average molecular weight is 279 g/mol. The summed E-state index contributed by atoms with van der Waals surface area (Å²) in [5, 5.41) is 11.7. The molecule has 20 heavy (non-hydrogen) atoms. The topological polar surface area (TPSA) is 67.8 Å². The zero-order chi connectivity index (χ0) is 14.2. The number of carbonyl (C=O) groups is 1. The second kappa shape index (κ2) is 7.87. The van der Waals surface area contributed by atoms with Gasteiger partial charge in [-0.15, -0.1) is 0 Å². The molecule has 1 unspecified atom stereocenters. The molecule has 5 nitrogen and oxygen atoms in total. The Morgan fingerprint density at radius 2 is 2.15 bits per heavy atom. The molecule has 2 N–H and O–H groups in total. The molecule has 1 heterocycles. The smallest absolute Gasteiger partial charge is 0.338 e. The van der Waals surface area contributed by atoms with E-state index >= 15 is 0 Å². The number of rotatable bonds is 6. The summed E-state index contributed by atoms with van der Waals surface area (Å²) in [6.45, 7) is 1.64. The second-order valence-electron chi connectivity index (χ2n) is 4.81. The van der Waals surface area contributed by atoms with E-state index < -0.39 is 0 Å². The molecule has 0 bridgehead atoms. The van der Waals surface area contributed by atoms with Crippen molar-refractivity contribution in [2.75, 3.05) is 31.7 Å². The third kappa shape index (κ3) is 4.51. The molecule has 110 valence electrons. The standard InChI is InChI=1S/C15H21NO4/c17-9-8-16-13-6-4-12(5-7-13)15(18)20-11-14-3-1-2-10-19-14/h4-7,14,16-17H,1-3,8-11H2. The molecule has 1 fully saturated rings. The van der Waals surface area contributed by atoms with Crippen molar-refractivity contribution in [1.82, 2.24) is 0 Å². The van der Waals surface area contributed by atoms with Crippen LogP contribution in [0.15, 0.2) is 24.3 Å². The minimum Gasteiger partial charge on any atom is -0.459 e. The lowest BCUT2D eigenvalue weighted by atomic mass is 10.1. The van der Waals surface area contributed by atoms with E-state index in [1.54, 1.807) is 24.3 Å². The molecule has 1 aromatic rings. The Hall–Kier alpha value is -1.59. The fourth-order valence-electron chi connectivity index (χ4n) is 2.12. The number of esters is 1. The number of ether oxygens (including phenoxy) is 2. The molecular weight excluding hydrogens is 258 g/mol. The van der Waals surface area contributed by atoms with E-state index in [9.17, 15) is 4.79 Å². The van der Waals surface area contributed by atoms with Crippen LogP contribution in [0.1, 0.15) is 29.6 Å². The van der Waals surface area contributed by atoms with E-state index in [-0.39, 0.29) is 18.7 Å². The van der Waals surface area contributed by atoms with Gasteiger partial charge in [0, 0.05) is 18.8 Å². The molecular formula is C15H21NO4. The number of hydrogen-bond donors (Lipinski definition) is 2. The van der Waals surface area contributed by atoms with Gasteiger partial charge in [-0.3, -0.25) is 0 Å². The van der Waals surface area contributed by atoms with Crippen LogP contribution in [0, 0.1) is 0 Å². The largest absolute Gasteiger partial charge is 0.459 e. The molecule has 0 radical (unpaired) electrons. The maximum Gasteiger partial charge on any atom is 0.338 e. The lowest BCUT2D eigenvalue weighted by Crippen LogP contribution is -2.25. The molecule has 1 saturated heterocycles. The van der Waals surface area contributed by atoms with E-state index in [2.05, 4.69) is 5.32 Å². The molecule has 0 saturated carbocycles. The second-order valence-corrected chi connectivity index (χ2v) is 4.81. The van der Waals surface area contributed by atoms with Crippen LogP contribution >= 0.6 is 0 Å². The first kappa shape index (κ1) is 14.8. The Morgan fingerprint density at radius 3 is 2.80 bits per heavy atom. The average Bonchev–Trinajstić information content (AvgIpc) is 2.52. The summed E-state index contributed by atoms with van der Waals surface area (Å²) in [6, 6.07) is 7.01. The molecule has 1 aliphatic heterocycles. The van der Waals surface area contributed by atoms with Crippen molar-refractivity contribution in [3.8, 4) is 0 Å². The maximum atomic E-state index is 11.9. The maximum absolute atomic E-state index is 11.9. The van der Waals surface area contributed by atoms with E-state index in [1.807, 2.05) is 0 Å². The molecule has 0 spiro atoms. The van der Waals surface area contributed by atoms with Crippen molar-refractivity contribution >= 4 is 11.7 Å². The van der Waals surface area contributed by atoms with Gasteiger partial charge in [0.1, 0.15) is 6.61 Å². The SMILES string of the molecule is O=C(OCC1CCCCO1)c1ccc(NCCO)cc1. The van der Waals surface area contributed by atoms with E-state index in [1.165, 1.54) is 0 Å². The molecule has 0 amide bonds. The molecule has 0 aromatic heterocycles. The van der Waals surface area contributed by atoms with Gasteiger partial charge in [0.25, 0.3) is 0 Å². The van der Waals surface area contributed by atoms with Crippen LogP contribution in [0.2, 0.25) is 0 Å². The molecule has 2 rings (SSSR count). The summed E-state index contributed by atoms with van der Waals surface area (Å²) in [4.78, 5) is 11.9. The van der Waals surface area contributed by atoms with Crippen LogP contribution < -0.4 is 5.32 Å². The highest BCUT2D eigenvalue weighted by Crippen LogP contribution is 2.14. The number of benzene rings is 1. The minimum absolute atomic E-state index is 0.0400. The molecule has 1 aliphatic rings. The van der Waals surface area contributed by atoms with E-state index in [0.717, 1.165) is 31.6 Å². The number of aliphatic hydroxyl groups excluding tert-OH is 1. The molecule has 5 heteroatoms. The van der Waals surface area contributed by atoms with Gasteiger partial charge < -0.3 is 19.9 Å². The van der Waals surface area contributed by atoms with Gasteiger partial charge in [-0.1, -0.05) is 0 Å². The Bertz CT molecular complexity index is 412. The summed E-state index contributed by atoms with van der Waals surface area (Å²) in [7, 11) is 0. The fourth-order valence-corrected chi connectivity index (χ4v) is 2.12. The Labute approximate surface area is 118 Å². The van der Waals surface area contributed by atoms with Crippen molar-refractivity contribution in [2.24, 2.45) is 0 Å². The normalized spacial score (nSPS) is 18.6. The van der Waals surface area contributed by atoms with Crippen LogP contribution in [-0.2, 0) is 9.47 Å². The first-order chi connectivity index (χ1) is 9.79. The number of carbonyl (C=O) groups excluding carboxylic acids is 1. The highest BCUT2D eigenvalue weighted by atomic mass is 16.6. The van der Waals surface area contributed by atoms with Gasteiger partial charge in [-0.05, 0) is 43.5 Å². The number of nitrogens with one attached hydrogen (secondary N) is 1. The minimum atomic E-state index is -0.326. The van der Waals surface area contributed by atoms with Gasteiger partial charge in [-0.2, -0.15) is 0 Å². The van der Waals surface area contributed by atoms with Crippen molar-refractivity contribution in [2.45, 2.75) is 25.4 Å². The molecule has 1 aromatic carbocycles. The van der Waals surface area contributed by atoms with Crippen molar-refractivity contribution < 1.29 is 19.4 Å². The lowest BCUT2D eigenvalue weighted by Gasteiger charge is -2.22. The van der Waals surface area contributed by atoms with Crippen molar-refractivity contribution in [3.05, 3.63) is 29.8 Å². The van der Waals surface area contributed by atoms with E-state index in [0.29, 0.717) is 18.7 Å². The molecule has 0 aliphatic carbocycles. The third-order valence-corrected chi connectivity index (χ3v) is 3.24. The highest BCUT2D eigenvalue weighted by molar-refractivity contribution is 5.89. The quantitative estimate of drug-likeness (QED) is 0.777. The zero-order valence-electron chi connectivity index (χ0n) is 11.5. The van der Waals surface area contributed by atoms with Gasteiger partial charge in [0.2, 0.25) is 0 Å². The third-order valence-electron chi connectivity index (χ3n) is 3.24. The Kier molecular flexibility index (Phi) is 5.83. The van der Waals surface area contributed by atoms with Crippen LogP contribution in [0.4, 0.5) is 5.69 Å². The Morgan fingerprint density at radius 1 is 1.35 bits per heavy atom. The number of anilines is 1. The zero-order valence-corrected chi connectivity index (χ0v) is 11.5. The predicted octanol–water partition coefficient (Wildman–Crippen LogP) is 1.82. The molecule has 1 atom stereocenters. The summed E-state index contributed by atoms with van der Waals surface area (Å²) in [5.41, 5.74) is 1.39. The summed E-state index contributed by atoms with van der Waals surface area (Å²) in [5.74, 6) is -0.326. The van der Waals surface area contributed by atoms with Crippen LogP contribution in [0.25, 0.3) is 0 Å². The summed E-state index contributed by atoms with van der Waals surface area (Å²) >= 11 is 0. The van der Waals surface area contributed by atoms with Crippen molar-refractivity contribution in [3.63, 3.8) is 0 Å².